The second-order valence-corrected chi connectivity index (χ2v) is 7.89. The molecule has 2 heterocycles. The Labute approximate surface area is 144 Å². The summed E-state index contributed by atoms with van der Waals surface area (Å²) in [4.78, 5) is 14.1. The molecule has 24 heavy (non-hydrogen) atoms. The fourth-order valence-corrected chi connectivity index (χ4v) is 4.05. The molecule has 1 atom stereocenters. The highest BCUT2D eigenvalue weighted by molar-refractivity contribution is 7.09. The van der Waals surface area contributed by atoms with E-state index in [1.165, 1.54) is 0 Å². The summed E-state index contributed by atoms with van der Waals surface area (Å²) in [6.07, 6.45) is 4.11. The molecule has 0 saturated heterocycles. The van der Waals surface area contributed by atoms with Gasteiger partial charge in [0, 0.05) is 0 Å². The van der Waals surface area contributed by atoms with Crippen LogP contribution >= 0.6 is 11.3 Å². The third-order valence-corrected chi connectivity index (χ3v) is 5.90. The molecular weight excluding hydrogens is 326 g/mol. The normalized spacial score (nSPS) is 19.8. The number of aryl methyl sites for hydroxylation is 2. The summed E-state index contributed by atoms with van der Waals surface area (Å²) in [5, 5.41) is 19.6. The second kappa shape index (κ2) is 6.16. The van der Waals surface area contributed by atoms with Gasteiger partial charge in [-0.2, -0.15) is 0 Å². The molecule has 0 fully saturated rings. The van der Waals surface area contributed by atoms with Gasteiger partial charge in [0.1, 0.15) is 17.1 Å². The van der Waals surface area contributed by atoms with Crippen LogP contribution < -0.4 is 9.61 Å². The molecule has 0 amide bonds. The highest BCUT2D eigenvalue weighted by atomic mass is 32.1. The highest BCUT2D eigenvalue weighted by Gasteiger charge is 2.33. The van der Waals surface area contributed by atoms with E-state index in [1.54, 1.807) is 0 Å². The van der Waals surface area contributed by atoms with Crippen molar-refractivity contribution in [3.8, 4) is 17.4 Å². The van der Waals surface area contributed by atoms with Crippen molar-refractivity contribution >= 4 is 11.3 Å². The Morgan fingerprint density at radius 3 is 2.75 bits per heavy atom. The molecular formula is C18H23NO4S. The molecule has 1 unspecified atom stereocenters. The molecule has 1 aromatic heterocycles. The molecule has 1 aliphatic rings. The van der Waals surface area contributed by atoms with E-state index in [-0.39, 0.29) is 16.4 Å². The largest absolute Gasteiger partial charge is 0.508 e. The summed E-state index contributed by atoms with van der Waals surface area (Å²) >= 11 is 1.06. The van der Waals surface area contributed by atoms with Gasteiger partial charge in [-0.1, -0.05) is 11.3 Å². The molecule has 6 heteroatoms. The first-order chi connectivity index (χ1) is 11.3. The highest BCUT2D eigenvalue weighted by Crippen LogP contribution is 2.41. The Morgan fingerprint density at radius 2 is 2.08 bits per heavy atom. The van der Waals surface area contributed by atoms with Gasteiger partial charge >= 0.3 is 4.87 Å². The number of aromatic nitrogens is 1. The van der Waals surface area contributed by atoms with E-state index in [4.69, 9.17) is 4.74 Å². The van der Waals surface area contributed by atoms with Crippen molar-refractivity contribution in [1.29, 1.82) is 0 Å². The van der Waals surface area contributed by atoms with Crippen LogP contribution in [0.2, 0.25) is 0 Å². The average molecular weight is 349 g/mol. The monoisotopic (exact) mass is 349 g/mol. The van der Waals surface area contributed by atoms with Gasteiger partial charge < -0.3 is 14.9 Å². The molecule has 1 aliphatic heterocycles. The number of fused-ring (bicyclic) bond motifs is 1. The molecule has 0 radical (unpaired) electrons. The fourth-order valence-electron chi connectivity index (χ4n) is 3.29. The lowest BCUT2D eigenvalue weighted by Gasteiger charge is -2.37. The Bertz CT molecular complexity index is 823. The minimum absolute atomic E-state index is 0.00740. The zero-order valence-electron chi connectivity index (χ0n) is 14.2. The minimum Gasteiger partial charge on any atom is -0.508 e. The number of phenolic OH excluding ortho intramolecular Hbond substituents is 1. The Hall–Kier alpha value is -1.95. The van der Waals surface area contributed by atoms with Gasteiger partial charge in [-0.05, 0) is 75.6 Å². The number of ether oxygens (including phenoxy) is 1. The first-order valence-corrected chi connectivity index (χ1v) is 9.03. The molecule has 0 saturated carbocycles. The topological polar surface area (TPSA) is 82.5 Å². The molecule has 2 aromatic rings. The number of benzene rings is 1. The minimum atomic E-state index is -0.266. The molecule has 3 N–H and O–H groups in total. The molecule has 3 rings (SSSR count). The smallest absolute Gasteiger partial charge is 0.307 e. The number of thiazole rings is 1. The number of hydrogen-bond donors (Lipinski definition) is 3. The van der Waals surface area contributed by atoms with Crippen LogP contribution in [0.5, 0.6) is 17.4 Å². The number of hydrogen-bond acceptors (Lipinski definition) is 5. The van der Waals surface area contributed by atoms with E-state index in [0.29, 0.717) is 17.0 Å². The van der Waals surface area contributed by atoms with Crippen molar-refractivity contribution < 1.29 is 14.9 Å². The van der Waals surface area contributed by atoms with Crippen LogP contribution in [0.25, 0.3) is 0 Å². The predicted octanol–water partition coefficient (Wildman–Crippen LogP) is 3.57. The van der Waals surface area contributed by atoms with Gasteiger partial charge in [0.15, 0.2) is 0 Å². The number of H-pyrrole nitrogens is 1. The molecule has 0 aliphatic carbocycles. The molecule has 5 nitrogen and oxygen atoms in total. The number of aromatic hydroxyl groups is 2. The summed E-state index contributed by atoms with van der Waals surface area (Å²) in [6, 6.07) is 1.81. The van der Waals surface area contributed by atoms with Crippen molar-refractivity contribution in [2.75, 3.05) is 0 Å². The van der Waals surface area contributed by atoms with Crippen LogP contribution in [-0.2, 0) is 12.8 Å². The van der Waals surface area contributed by atoms with E-state index < -0.39 is 0 Å². The average Bonchev–Trinajstić information content (AvgIpc) is 2.84. The van der Waals surface area contributed by atoms with Crippen LogP contribution in [0.1, 0.15) is 47.8 Å². The first-order valence-electron chi connectivity index (χ1n) is 8.21. The second-order valence-electron chi connectivity index (χ2n) is 6.83. The summed E-state index contributed by atoms with van der Waals surface area (Å²) in [5.41, 5.74) is 2.66. The Kier molecular flexibility index (Phi) is 4.34. The lowest BCUT2D eigenvalue weighted by Crippen LogP contribution is -2.36. The SMILES string of the molecule is Cc1c(O)cc2c(c1C)OC(C)(CCCc1sc(=O)[nH]c1O)CC2. The molecule has 0 spiro atoms. The number of phenols is 1. The van der Waals surface area contributed by atoms with Gasteiger partial charge in [-0.25, -0.2) is 0 Å². The van der Waals surface area contributed by atoms with Crippen molar-refractivity contribution in [3.05, 3.63) is 37.3 Å². The maximum atomic E-state index is 11.2. The lowest BCUT2D eigenvalue weighted by molar-refractivity contribution is 0.0532. The lowest BCUT2D eigenvalue weighted by atomic mass is 9.86. The van der Waals surface area contributed by atoms with Gasteiger partial charge in [-0.3, -0.25) is 9.78 Å². The fraction of sp³-hybridized carbons (Fsp3) is 0.500. The van der Waals surface area contributed by atoms with Crippen LogP contribution in [0, 0.1) is 13.8 Å². The summed E-state index contributed by atoms with van der Waals surface area (Å²) in [6.45, 7) is 5.99. The van der Waals surface area contributed by atoms with Gasteiger partial charge in [0.25, 0.3) is 0 Å². The third kappa shape index (κ3) is 3.15. The van der Waals surface area contributed by atoms with E-state index in [2.05, 4.69) is 11.9 Å². The van der Waals surface area contributed by atoms with Gasteiger partial charge in [0.05, 0.1) is 4.88 Å². The van der Waals surface area contributed by atoms with E-state index in [1.807, 2.05) is 19.9 Å². The molecule has 130 valence electrons. The number of aromatic amines is 1. The summed E-state index contributed by atoms with van der Waals surface area (Å²) in [7, 11) is 0. The van der Waals surface area contributed by atoms with Gasteiger partial charge in [-0.15, -0.1) is 0 Å². The standard InChI is InChI=1S/C18H23NO4S/c1-10-11(2)15-12(9-13(10)20)6-8-18(3,23-15)7-4-5-14-16(21)19-17(22)24-14/h9,20-21H,4-8H2,1-3H3,(H,19,22). The van der Waals surface area contributed by atoms with Crippen LogP contribution in [-0.4, -0.2) is 20.8 Å². The zero-order chi connectivity index (χ0) is 17.5. The van der Waals surface area contributed by atoms with E-state index in [0.717, 1.165) is 59.5 Å². The Balaban J connectivity index is 1.70. The van der Waals surface area contributed by atoms with E-state index in [9.17, 15) is 15.0 Å². The zero-order valence-corrected chi connectivity index (χ0v) is 15.0. The first kappa shape index (κ1) is 16.9. The predicted molar refractivity (Wildman–Crippen MR) is 94.5 cm³/mol. The van der Waals surface area contributed by atoms with Crippen LogP contribution in [0.3, 0.4) is 0 Å². The Morgan fingerprint density at radius 1 is 1.33 bits per heavy atom. The third-order valence-electron chi connectivity index (χ3n) is 4.97. The maximum absolute atomic E-state index is 11.2. The van der Waals surface area contributed by atoms with E-state index >= 15 is 0 Å². The molecule has 0 bridgehead atoms. The van der Waals surface area contributed by atoms with Crippen LogP contribution in [0.4, 0.5) is 0 Å². The van der Waals surface area contributed by atoms with Crippen molar-refractivity contribution in [2.45, 2.75) is 58.5 Å². The summed E-state index contributed by atoms with van der Waals surface area (Å²) in [5.74, 6) is 1.22. The maximum Gasteiger partial charge on any atom is 0.307 e. The summed E-state index contributed by atoms with van der Waals surface area (Å²) < 4.78 is 6.32. The van der Waals surface area contributed by atoms with Crippen molar-refractivity contribution in [2.24, 2.45) is 0 Å². The van der Waals surface area contributed by atoms with Crippen LogP contribution in [0.15, 0.2) is 10.9 Å². The van der Waals surface area contributed by atoms with Gasteiger partial charge in [0.2, 0.25) is 5.88 Å². The quantitative estimate of drug-likeness (QED) is 0.788. The number of nitrogens with one attached hydrogen (secondary N) is 1. The number of rotatable bonds is 4. The van der Waals surface area contributed by atoms with Crippen molar-refractivity contribution in [3.63, 3.8) is 0 Å². The molecule has 1 aromatic carbocycles. The van der Waals surface area contributed by atoms with Crippen molar-refractivity contribution in [1.82, 2.24) is 4.98 Å².